The number of hydrogen-bond acceptors (Lipinski definition) is 8. The van der Waals surface area contributed by atoms with Gasteiger partial charge in [0.2, 0.25) is 0 Å². The summed E-state index contributed by atoms with van der Waals surface area (Å²) < 4.78 is 31.9. The van der Waals surface area contributed by atoms with Crippen molar-refractivity contribution < 1.29 is 33.3 Å². The molecule has 2 bridgehead atoms. The molecule has 2 aromatic heterocycles. The summed E-state index contributed by atoms with van der Waals surface area (Å²) in [6.45, 7) is 0.795. The lowest BCUT2D eigenvalue weighted by Gasteiger charge is -2.45. The number of anilines is 3. The van der Waals surface area contributed by atoms with Gasteiger partial charge in [-0.05, 0) is 31.0 Å². The summed E-state index contributed by atoms with van der Waals surface area (Å²) in [7, 11) is 0. The number of aliphatic hydroxyl groups is 2. The number of ether oxygens (including phenoxy) is 1. The maximum Gasteiger partial charge on any atom is 0.329 e. The van der Waals surface area contributed by atoms with Crippen LogP contribution >= 0.6 is 0 Å². The number of carbonyl (C=O) groups excluding carboxylic acids is 2. The largest absolute Gasteiger partial charge is 0.491 e. The van der Waals surface area contributed by atoms with Gasteiger partial charge in [-0.2, -0.15) is 0 Å². The van der Waals surface area contributed by atoms with E-state index in [4.69, 9.17) is 9.84 Å². The van der Waals surface area contributed by atoms with Crippen LogP contribution in [0.5, 0.6) is 5.75 Å². The molecular formula is C23H26F2N6O5. The Morgan fingerprint density at radius 2 is 2.11 bits per heavy atom. The van der Waals surface area contributed by atoms with Crippen LogP contribution in [0.2, 0.25) is 0 Å². The summed E-state index contributed by atoms with van der Waals surface area (Å²) in [6, 6.07) is 4.26. The molecule has 192 valence electrons. The van der Waals surface area contributed by atoms with Crippen molar-refractivity contribution in [3.05, 3.63) is 36.2 Å². The number of fused-ring (bicyclic) bond motifs is 4. The summed E-state index contributed by atoms with van der Waals surface area (Å²) in [5.41, 5.74) is 0.629. The van der Waals surface area contributed by atoms with E-state index >= 15 is 0 Å². The van der Waals surface area contributed by atoms with Gasteiger partial charge in [0.05, 0.1) is 24.4 Å². The second-order valence-electron chi connectivity index (χ2n) is 9.10. The van der Waals surface area contributed by atoms with E-state index in [9.17, 15) is 23.5 Å². The molecule has 11 nitrogen and oxygen atoms in total. The minimum absolute atomic E-state index is 0.0496. The fourth-order valence-corrected chi connectivity index (χ4v) is 4.40. The van der Waals surface area contributed by atoms with Crippen molar-refractivity contribution in [1.29, 1.82) is 0 Å². The number of nitrogens with one attached hydrogen (secondary N) is 2. The van der Waals surface area contributed by atoms with Gasteiger partial charge < -0.3 is 25.2 Å². The van der Waals surface area contributed by atoms with E-state index in [0.717, 1.165) is 19.4 Å². The normalized spacial score (nSPS) is 22.3. The van der Waals surface area contributed by atoms with Gasteiger partial charge in [-0.3, -0.25) is 15.0 Å². The number of hydrogen-bond donors (Lipinski definition) is 4. The first-order chi connectivity index (χ1) is 17.2. The van der Waals surface area contributed by atoms with Gasteiger partial charge >= 0.3 is 6.03 Å². The maximum atomic E-state index is 13.4. The molecule has 0 radical (unpaired) electrons. The molecule has 2 aromatic rings. The van der Waals surface area contributed by atoms with Gasteiger partial charge in [-0.15, -0.1) is 0 Å². The Bertz CT molecular complexity index is 1170. The molecule has 0 aromatic carbocycles. The number of pyridine rings is 2. The quantitative estimate of drug-likeness (QED) is 0.443. The number of piperidine rings is 1. The van der Waals surface area contributed by atoms with Crippen molar-refractivity contribution in [3.63, 3.8) is 0 Å². The van der Waals surface area contributed by atoms with Crippen molar-refractivity contribution in [1.82, 2.24) is 15.3 Å². The Kier molecular flexibility index (Phi) is 6.35. The Labute approximate surface area is 205 Å². The molecule has 0 unspecified atom stereocenters. The highest BCUT2D eigenvalue weighted by Gasteiger charge is 2.58. The molecule has 1 aliphatic carbocycles. The average Bonchev–Trinajstić information content (AvgIpc) is 3.47. The van der Waals surface area contributed by atoms with Crippen LogP contribution in [-0.2, 0) is 0 Å². The van der Waals surface area contributed by atoms with Crippen LogP contribution in [-0.4, -0.2) is 82.5 Å². The highest BCUT2D eigenvalue weighted by atomic mass is 19.3. The standard InChI is InChI=1S/C23H26F2N6O5/c24-23(25)9-18(23)28-21(34)16-3-4-17-20(27-16)31(13-2-1-7-30(17)10-13)22(35)29-19-8-15(5-6-26-19)36-12-14(33)11-32/h3-6,8,13-14,18,32-33H,1-2,7,9-12H2,(H,28,34)(H,26,29,35)/t13-,14+,18+/m0/s1. The number of amides is 3. The predicted molar refractivity (Wildman–Crippen MR) is 125 cm³/mol. The molecule has 0 spiro atoms. The van der Waals surface area contributed by atoms with Gasteiger partial charge in [0, 0.05) is 31.8 Å². The SMILES string of the molecule is O=C(N[C@@H]1CC1(F)F)c1ccc2c(n1)N(C(=O)Nc1cc(OC[C@H](O)CO)ccn1)[C@H]1CCCN2C1. The second kappa shape index (κ2) is 9.47. The Morgan fingerprint density at radius 3 is 2.86 bits per heavy atom. The fourth-order valence-electron chi connectivity index (χ4n) is 4.40. The minimum Gasteiger partial charge on any atom is -0.491 e. The van der Waals surface area contributed by atoms with Gasteiger partial charge in [0.1, 0.15) is 30.0 Å². The van der Waals surface area contributed by atoms with Gasteiger partial charge in [-0.1, -0.05) is 0 Å². The summed E-state index contributed by atoms with van der Waals surface area (Å²) in [5, 5.41) is 23.4. The lowest BCUT2D eigenvalue weighted by Crippen LogP contribution is -2.56. The third-order valence-corrected chi connectivity index (χ3v) is 6.39. The number of nitrogens with zero attached hydrogens (tertiary/aromatic N) is 4. The second-order valence-corrected chi connectivity index (χ2v) is 9.10. The fraction of sp³-hybridized carbons (Fsp3) is 0.478. The zero-order valence-corrected chi connectivity index (χ0v) is 19.2. The van der Waals surface area contributed by atoms with Crippen molar-refractivity contribution in [2.75, 3.05) is 41.4 Å². The number of aromatic nitrogens is 2. The summed E-state index contributed by atoms with van der Waals surface area (Å²) in [5.74, 6) is -2.81. The molecule has 3 aliphatic rings. The molecular weight excluding hydrogens is 478 g/mol. The molecule has 4 heterocycles. The number of carbonyl (C=O) groups is 2. The average molecular weight is 504 g/mol. The van der Waals surface area contributed by atoms with Crippen LogP contribution in [0.1, 0.15) is 29.8 Å². The Morgan fingerprint density at radius 1 is 1.31 bits per heavy atom. The molecule has 2 fully saturated rings. The van der Waals surface area contributed by atoms with E-state index in [1.807, 2.05) is 0 Å². The maximum absolute atomic E-state index is 13.4. The zero-order valence-electron chi connectivity index (χ0n) is 19.2. The van der Waals surface area contributed by atoms with E-state index in [1.54, 1.807) is 12.1 Å². The first-order valence-corrected chi connectivity index (χ1v) is 11.7. The van der Waals surface area contributed by atoms with E-state index in [-0.39, 0.29) is 30.0 Å². The molecule has 36 heavy (non-hydrogen) atoms. The van der Waals surface area contributed by atoms with Crippen LogP contribution in [0.3, 0.4) is 0 Å². The van der Waals surface area contributed by atoms with Crippen LogP contribution < -0.4 is 25.2 Å². The molecule has 1 saturated carbocycles. The van der Waals surface area contributed by atoms with E-state index < -0.39 is 43.0 Å². The smallest absolute Gasteiger partial charge is 0.329 e. The summed E-state index contributed by atoms with van der Waals surface area (Å²) >= 11 is 0. The topological polar surface area (TPSA) is 140 Å². The van der Waals surface area contributed by atoms with Gasteiger partial charge in [-0.25, -0.2) is 23.5 Å². The van der Waals surface area contributed by atoms with E-state index in [1.165, 1.54) is 23.2 Å². The summed E-state index contributed by atoms with van der Waals surface area (Å²) in [6.07, 6.45) is 1.58. The van der Waals surface area contributed by atoms with E-state index in [0.29, 0.717) is 18.0 Å². The molecule has 1 saturated heterocycles. The number of halogens is 2. The Balaban J connectivity index is 1.37. The zero-order chi connectivity index (χ0) is 25.4. The first kappa shape index (κ1) is 24.1. The summed E-state index contributed by atoms with van der Waals surface area (Å²) in [4.78, 5) is 38.1. The number of aliphatic hydroxyl groups excluding tert-OH is 2. The highest BCUT2D eigenvalue weighted by molar-refractivity contribution is 6.04. The lowest BCUT2D eigenvalue weighted by atomic mass is 10.00. The third-order valence-electron chi connectivity index (χ3n) is 6.39. The molecule has 5 rings (SSSR count). The molecule has 2 aliphatic heterocycles. The van der Waals surface area contributed by atoms with Gasteiger partial charge in [0.15, 0.2) is 5.82 Å². The van der Waals surface area contributed by atoms with Crippen LogP contribution in [0.15, 0.2) is 30.5 Å². The lowest BCUT2D eigenvalue weighted by molar-refractivity contribution is 0.0536. The minimum atomic E-state index is -2.90. The number of alkyl halides is 2. The number of rotatable bonds is 7. The van der Waals surface area contributed by atoms with Gasteiger partial charge in [0.25, 0.3) is 11.8 Å². The van der Waals surface area contributed by atoms with Crippen LogP contribution in [0.25, 0.3) is 0 Å². The van der Waals surface area contributed by atoms with Crippen molar-refractivity contribution in [2.45, 2.75) is 43.4 Å². The molecule has 3 atom stereocenters. The van der Waals surface area contributed by atoms with Crippen molar-refractivity contribution in [2.24, 2.45) is 0 Å². The predicted octanol–water partition coefficient (Wildman–Crippen LogP) is 1.37. The molecule has 4 N–H and O–H groups in total. The molecule has 13 heteroatoms. The third kappa shape index (κ3) is 4.88. The first-order valence-electron chi connectivity index (χ1n) is 11.7. The number of urea groups is 1. The van der Waals surface area contributed by atoms with Crippen molar-refractivity contribution in [3.8, 4) is 5.75 Å². The highest BCUT2D eigenvalue weighted by Crippen LogP contribution is 2.42. The Hall–Kier alpha value is -3.58. The van der Waals surface area contributed by atoms with Crippen LogP contribution in [0, 0.1) is 0 Å². The van der Waals surface area contributed by atoms with Crippen LogP contribution in [0.4, 0.5) is 30.9 Å². The van der Waals surface area contributed by atoms with E-state index in [2.05, 4.69) is 25.5 Å². The van der Waals surface area contributed by atoms with Crippen molar-refractivity contribution >= 4 is 29.3 Å². The molecule has 3 amide bonds. The monoisotopic (exact) mass is 504 g/mol.